The SMILES string of the molecule is CCCNC(CCC)C1COc2ccccc21. The van der Waals surface area contributed by atoms with Gasteiger partial charge in [0, 0.05) is 17.5 Å². The van der Waals surface area contributed by atoms with Crippen LogP contribution in [0.25, 0.3) is 0 Å². The number of hydrogen-bond donors (Lipinski definition) is 1. The maximum atomic E-state index is 5.78. The molecule has 0 aliphatic carbocycles. The summed E-state index contributed by atoms with van der Waals surface area (Å²) in [5, 5.41) is 3.67. The van der Waals surface area contributed by atoms with Crippen molar-refractivity contribution in [3.63, 3.8) is 0 Å². The average molecular weight is 233 g/mol. The topological polar surface area (TPSA) is 21.3 Å². The Morgan fingerprint density at radius 3 is 2.88 bits per heavy atom. The summed E-state index contributed by atoms with van der Waals surface area (Å²) in [6, 6.07) is 9.02. The number of para-hydroxylation sites is 1. The second-order valence-corrected chi connectivity index (χ2v) is 4.80. The summed E-state index contributed by atoms with van der Waals surface area (Å²) in [4.78, 5) is 0. The van der Waals surface area contributed by atoms with Gasteiger partial charge >= 0.3 is 0 Å². The van der Waals surface area contributed by atoms with Gasteiger partial charge in [0.05, 0.1) is 6.61 Å². The summed E-state index contributed by atoms with van der Waals surface area (Å²) in [6.07, 6.45) is 3.64. The quantitative estimate of drug-likeness (QED) is 0.813. The molecule has 0 radical (unpaired) electrons. The van der Waals surface area contributed by atoms with Gasteiger partial charge in [-0.05, 0) is 25.5 Å². The molecule has 0 amide bonds. The second-order valence-electron chi connectivity index (χ2n) is 4.80. The lowest BCUT2D eigenvalue weighted by molar-refractivity contribution is 0.291. The Morgan fingerprint density at radius 1 is 1.29 bits per heavy atom. The van der Waals surface area contributed by atoms with E-state index in [4.69, 9.17) is 4.74 Å². The van der Waals surface area contributed by atoms with Crippen molar-refractivity contribution in [2.24, 2.45) is 0 Å². The van der Waals surface area contributed by atoms with E-state index in [9.17, 15) is 0 Å². The predicted molar refractivity (Wildman–Crippen MR) is 71.7 cm³/mol. The Hall–Kier alpha value is -1.02. The highest BCUT2D eigenvalue weighted by molar-refractivity contribution is 5.40. The van der Waals surface area contributed by atoms with Gasteiger partial charge in [0.15, 0.2) is 0 Å². The molecule has 2 atom stereocenters. The van der Waals surface area contributed by atoms with Crippen LogP contribution in [0.1, 0.15) is 44.6 Å². The van der Waals surface area contributed by atoms with Gasteiger partial charge in [-0.1, -0.05) is 38.5 Å². The number of ether oxygens (including phenoxy) is 1. The van der Waals surface area contributed by atoms with Gasteiger partial charge in [-0.15, -0.1) is 0 Å². The van der Waals surface area contributed by atoms with E-state index >= 15 is 0 Å². The van der Waals surface area contributed by atoms with Crippen LogP contribution in [0.4, 0.5) is 0 Å². The molecule has 0 bridgehead atoms. The van der Waals surface area contributed by atoms with Crippen LogP contribution >= 0.6 is 0 Å². The van der Waals surface area contributed by atoms with Crippen LogP contribution in [0.2, 0.25) is 0 Å². The summed E-state index contributed by atoms with van der Waals surface area (Å²) in [6.45, 7) is 6.40. The molecule has 0 saturated carbocycles. The smallest absolute Gasteiger partial charge is 0.122 e. The van der Waals surface area contributed by atoms with Crippen LogP contribution in [-0.2, 0) is 0 Å². The molecule has 2 heteroatoms. The van der Waals surface area contributed by atoms with Gasteiger partial charge in [-0.2, -0.15) is 0 Å². The van der Waals surface area contributed by atoms with Gasteiger partial charge < -0.3 is 10.1 Å². The minimum Gasteiger partial charge on any atom is -0.493 e. The monoisotopic (exact) mass is 233 g/mol. The highest BCUT2D eigenvalue weighted by atomic mass is 16.5. The molecule has 0 spiro atoms. The Morgan fingerprint density at radius 2 is 2.12 bits per heavy atom. The zero-order valence-electron chi connectivity index (χ0n) is 10.9. The van der Waals surface area contributed by atoms with Gasteiger partial charge in [-0.25, -0.2) is 0 Å². The maximum Gasteiger partial charge on any atom is 0.122 e. The molecule has 0 aromatic heterocycles. The van der Waals surface area contributed by atoms with E-state index in [-0.39, 0.29) is 0 Å². The fourth-order valence-corrected chi connectivity index (χ4v) is 2.61. The van der Waals surface area contributed by atoms with Gasteiger partial charge in [0.25, 0.3) is 0 Å². The van der Waals surface area contributed by atoms with E-state index in [0.29, 0.717) is 12.0 Å². The fraction of sp³-hybridized carbons (Fsp3) is 0.600. The van der Waals surface area contributed by atoms with Crippen molar-refractivity contribution in [1.82, 2.24) is 5.32 Å². The molecule has 17 heavy (non-hydrogen) atoms. The lowest BCUT2D eigenvalue weighted by Crippen LogP contribution is -2.36. The maximum absolute atomic E-state index is 5.78. The van der Waals surface area contributed by atoms with Crippen LogP contribution < -0.4 is 10.1 Å². The molecular weight excluding hydrogens is 210 g/mol. The number of fused-ring (bicyclic) bond motifs is 1. The zero-order chi connectivity index (χ0) is 12.1. The van der Waals surface area contributed by atoms with Crippen molar-refractivity contribution in [3.8, 4) is 5.75 Å². The minimum atomic E-state index is 0.526. The average Bonchev–Trinajstić information content (AvgIpc) is 2.78. The molecule has 1 aromatic carbocycles. The first-order chi connectivity index (χ1) is 8.36. The molecule has 2 nitrogen and oxygen atoms in total. The largest absolute Gasteiger partial charge is 0.493 e. The van der Waals surface area contributed by atoms with Gasteiger partial charge in [0.1, 0.15) is 5.75 Å². The number of nitrogens with one attached hydrogen (secondary N) is 1. The molecule has 1 aliphatic rings. The molecule has 2 unspecified atom stereocenters. The van der Waals surface area contributed by atoms with Crippen molar-refractivity contribution < 1.29 is 4.74 Å². The Bertz CT molecular complexity index is 351. The molecular formula is C15H23NO. The van der Waals surface area contributed by atoms with E-state index in [0.717, 1.165) is 18.9 Å². The van der Waals surface area contributed by atoms with Crippen molar-refractivity contribution in [2.45, 2.75) is 45.1 Å². The molecule has 1 aliphatic heterocycles. The number of rotatable bonds is 6. The van der Waals surface area contributed by atoms with Crippen LogP contribution in [0.5, 0.6) is 5.75 Å². The van der Waals surface area contributed by atoms with Crippen molar-refractivity contribution >= 4 is 0 Å². The second kappa shape index (κ2) is 6.06. The Balaban J connectivity index is 2.09. The predicted octanol–water partition coefficient (Wildman–Crippen LogP) is 3.33. The van der Waals surface area contributed by atoms with Crippen LogP contribution in [0.15, 0.2) is 24.3 Å². The first-order valence-electron chi connectivity index (χ1n) is 6.82. The standard InChI is InChI=1S/C15H23NO/c1-3-7-14(16-10-4-2)13-11-17-15-9-6-5-8-12(13)15/h5-6,8-9,13-14,16H,3-4,7,10-11H2,1-2H3. The molecule has 1 heterocycles. The van der Waals surface area contributed by atoms with E-state index in [1.54, 1.807) is 0 Å². The van der Waals surface area contributed by atoms with Gasteiger partial charge in [0.2, 0.25) is 0 Å². The minimum absolute atomic E-state index is 0.526. The highest BCUT2D eigenvalue weighted by Gasteiger charge is 2.30. The summed E-state index contributed by atoms with van der Waals surface area (Å²) in [5.74, 6) is 1.61. The van der Waals surface area contributed by atoms with E-state index < -0.39 is 0 Å². The Labute approximate surface area is 104 Å². The zero-order valence-corrected chi connectivity index (χ0v) is 10.9. The molecule has 0 saturated heterocycles. The van der Waals surface area contributed by atoms with Crippen LogP contribution in [0, 0.1) is 0 Å². The summed E-state index contributed by atoms with van der Waals surface area (Å²) in [7, 11) is 0. The third-order valence-electron chi connectivity index (χ3n) is 3.48. The van der Waals surface area contributed by atoms with Gasteiger partial charge in [-0.3, -0.25) is 0 Å². The first kappa shape index (κ1) is 12.4. The van der Waals surface area contributed by atoms with E-state index in [1.165, 1.54) is 24.8 Å². The van der Waals surface area contributed by atoms with E-state index in [2.05, 4.69) is 43.4 Å². The number of hydrogen-bond acceptors (Lipinski definition) is 2. The normalized spacial score (nSPS) is 19.8. The van der Waals surface area contributed by atoms with Crippen molar-refractivity contribution in [2.75, 3.05) is 13.2 Å². The third kappa shape index (κ3) is 2.81. The summed E-state index contributed by atoms with van der Waals surface area (Å²) >= 11 is 0. The number of benzene rings is 1. The van der Waals surface area contributed by atoms with Crippen molar-refractivity contribution in [3.05, 3.63) is 29.8 Å². The van der Waals surface area contributed by atoms with Crippen LogP contribution in [0.3, 0.4) is 0 Å². The lowest BCUT2D eigenvalue weighted by Gasteiger charge is -2.23. The fourth-order valence-electron chi connectivity index (χ4n) is 2.61. The first-order valence-corrected chi connectivity index (χ1v) is 6.82. The third-order valence-corrected chi connectivity index (χ3v) is 3.48. The van der Waals surface area contributed by atoms with Crippen molar-refractivity contribution in [1.29, 1.82) is 0 Å². The molecule has 0 fully saturated rings. The van der Waals surface area contributed by atoms with E-state index in [1.807, 2.05) is 0 Å². The highest BCUT2D eigenvalue weighted by Crippen LogP contribution is 2.36. The molecule has 1 N–H and O–H groups in total. The molecule has 94 valence electrons. The Kier molecular flexibility index (Phi) is 4.43. The summed E-state index contributed by atoms with van der Waals surface area (Å²) < 4.78 is 5.78. The molecule has 1 aromatic rings. The summed E-state index contributed by atoms with van der Waals surface area (Å²) in [5.41, 5.74) is 1.38. The lowest BCUT2D eigenvalue weighted by atomic mass is 9.90. The van der Waals surface area contributed by atoms with Crippen LogP contribution in [-0.4, -0.2) is 19.2 Å². The molecule has 2 rings (SSSR count).